The minimum atomic E-state index is 0.445. The number of piperidine rings is 1. The number of benzene rings is 1. The molecule has 1 fully saturated rings. The van der Waals surface area contributed by atoms with Crippen molar-refractivity contribution in [1.82, 2.24) is 4.90 Å². The van der Waals surface area contributed by atoms with E-state index in [9.17, 15) is 5.11 Å². The molecule has 2 nitrogen and oxygen atoms in total. The molecule has 0 amide bonds. The van der Waals surface area contributed by atoms with E-state index in [1.807, 2.05) is 19.1 Å². The van der Waals surface area contributed by atoms with Crippen molar-refractivity contribution in [3.05, 3.63) is 29.3 Å². The highest BCUT2D eigenvalue weighted by Gasteiger charge is 2.12. The van der Waals surface area contributed by atoms with Crippen LogP contribution in [-0.2, 0) is 6.54 Å². The third-order valence-corrected chi connectivity index (χ3v) is 3.08. The SMILES string of the molecule is Cc1ccc(CN2CCCCC2)c(O)c1. The molecule has 15 heavy (non-hydrogen) atoms. The molecule has 1 saturated heterocycles. The lowest BCUT2D eigenvalue weighted by Gasteiger charge is -2.26. The van der Waals surface area contributed by atoms with E-state index in [4.69, 9.17) is 0 Å². The molecule has 82 valence electrons. The lowest BCUT2D eigenvalue weighted by atomic mass is 10.1. The second-order valence-corrected chi connectivity index (χ2v) is 4.47. The maximum absolute atomic E-state index is 9.80. The molecule has 0 atom stereocenters. The van der Waals surface area contributed by atoms with Gasteiger partial charge in [0, 0.05) is 12.1 Å². The van der Waals surface area contributed by atoms with Crippen LogP contribution in [-0.4, -0.2) is 23.1 Å². The van der Waals surface area contributed by atoms with Gasteiger partial charge in [-0.2, -0.15) is 0 Å². The van der Waals surface area contributed by atoms with Crippen molar-refractivity contribution in [2.45, 2.75) is 32.7 Å². The molecule has 0 radical (unpaired) electrons. The first-order valence-corrected chi connectivity index (χ1v) is 5.76. The molecule has 1 aliphatic heterocycles. The van der Waals surface area contributed by atoms with Gasteiger partial charge in [0.25, 0.3) is 0 Å². The predicted molar refractivity (Wildman–Crippen MR) is 62.0 cm³/mol. The Labute approximate surface area is 91.5 Å². The van der Waals surface area contributed by atoms with Crippen LogP contribution in [0.1, 0.15) is 30.4 Å². The summed E-state index contributed by atoms with van der Waals surface area (Å²) >= 11 is 0. The fourth-order valence-electron chi connectivity index (χ4n) is 2.17. The van der Waals surface area contributed by atoms with Crippen LogP contribution in [0.3, 0.4) is 0 Å². The van der Waals surface area contributed by atoms with Crippen LogP contribution in [0.25, 0.3) is 0 Å². The summed E-state index contributed by atoms with van der Waals surface area (Å²) in [4.78, 5) is 2.42. The number of aromatic hydroxyl groups is 1. The highest BCUT2D eigenvalue weighted by Crippen LogP contribution is 2.21. The third-order valence-electron chi connectivity index (χ3n) is 3.08. The number of likely N-dealkylation sites (tertiary alicyclic amines) is 1. The number of phenols is 1. The highest BCUT2D eigenvalue weighted by atomic mass is 16.3. The van der Waals surface area contributed by atoms with Gasteiger partial charge < -0.3 is 5.11 Å². The zero-order valence-corrected chi connectivity index (χ0v) is 9.37. The average Bonchev–Trinajstić information content (AvgIpc) is 2.24. The van der Waals surface area contributed by atoms with E-state index in [-0.39, 0.29) is 0 Å². The molecule has 2 rings (SSSR count). The molecule has 0 bridgehead atoms. The molecule has 0 aromatic heterocycles. The maximum atomic E-state index is 9.80. The van der Waals surface area contributed by atoms with Crippen LogP contribution in [0.15, 0.2) is 18.2 Å². The number of rotatable bonds is 2. The van der Waals surface area contributed by atoms with Gasteiger partial charge in [-0.25, -0.2) is 0 Å². The van der Waals surface area contributed by atoms with Crippen LogP contribution >= 0.6 is 0 Å². The molecule has 1 heterocycles. The molecule has 0 saturated carbocycles. The summed E-state index contributed by atoms with van der Waals surface area (Å²) in [6.07, 6.45) is 3.95. The first-order chi connectivity index (χ1) is 7.25. The van der Waals surface area contributed by atoms with Gasteiger partial charge in [0.15, 0.2) is 0 Å². The van der Waals surface area contributed by atoms with E-state index >= 15 is 0 Å². The molecule has 2 heteroatoms. The molecular weight excluding hydrogens is 186 g/mol. The van der Waals surface area contributed by atoms with Gasteiger partial charge in [0.1, 0.15) is 5.75 Å². The second kappa shape index (κ2) is 4.67. The quantitative estimate of drug-likeness (QED) is 0.802. The fourth-order valence-corrected chi connectivity index (χ4v) is 2.17. The van der Waals surface area contributed by atoms with Crippen LogP contribution in [0.5, 0.6) is 5.75 Å². The summed E-state index contributed by atoms with van der Waals surface area (Å²) in [5.41, 5.74) is 2.18. The smallest absolute Gasteiger partial charge is 0.120 e. The molecule has 0 spiro atoms. The second-order valence-electron chi connectivity index (χ2n) is 4.47. The lowest BCUT2D eigenvalue weighted by Crippen LogP contribution is -2.29. The van der Waals surface area contributed by atoms with Crippen molar-refractivity contribution < 1.29 is 5.11 Å². The average molecular weight is 205 g/mol. The zero-order chi connectivity index (χ0) is 10.7. The van der Waals surface area contributed by atoms with Crippen LogP contribution in [0.4, 0.5) is 0 Å². The summed E-state index contributed by atoms with van der Waals surface area (Å²) in [6.45, 7) is 5.25. The Morgan fingerprint density at radius 3 is 2.60 bits per heavy atom. The van der Waals surface area contributed by atoms with Crippen LogP contribution in [0.2, 0.25) is 0 Å². The van der Waals surface area contributed by atoms with E-state index in [0.717, 1.165) is 17.7 Å². The molecule has 1 aromatic rings. The summed E-state index contributed by atoms with van der Waals surface area (Å²) < 4.78 is 0. The minimum absolute atomic E-state index is 0.445. The number of hydrogen-bond donors (Lipinski definition) is 1. The topological polar surface area (TPSA) is 23.5 Å². The number of nitrogens with zero attached hydrogens (tertiary/aromatic N) is 1. The molecule has 0 unspecified atom stereocenters. The van der Waals surface area contributed by atoms with E-state index in [0.29, 0.717) is 5.75 Å². The summed E-state index contributed by atoms with van der Waals surface area (Å²) in [6, 6.07) is 5.96. The van der Waals surface area contributed by atoms with Gasteiger partial charge >= 0.3 is 0 Å². The number of phenolic OH excluding ortho intramolecular Hbond substituents is 1. The fraction of sp³-hybridized carbons (Fsp3) is 0.538. The highest BCUT2D eigenvalue weighted by molar-refractivity contribution is 5.35. The van der Waals surface area contributed by atoms with E-state index in [2.05, 4.69) is 11.0 Å². The molecule has 1 aromatic carbocycles. The lowest BCUT2D eigenvalue weighted by molar-refractivity contribution is 0.218. The number of hydrogen-bond acceptors (Lipinski definition) is 2. The zero-order valence-electron chi connectivity index (χ0n) is 9.37. The Morgan fingerprint density at radius 2 is 1.93 bits per heavy atom. The Morgan fingerprint density at radius 1 is 1.20 bits per heavy atom. The van der Waals surface area contributed by atoms with Gasteiger partial charge in [-0.05, 0) is 44.5 Å². The summed E-state index contributed by atoms with van der Waals surface area (Å²) in [7, 11) is 0. The van der Waals surface area contributed by atoms with Crippen LogP contribution in [0, 0.1) is 6.92 Å². The van der Waals surface area contributed by atoms with Gasteiger partial charge in [-0.1, -0.05) is 18.6 Å². The minimum Gasteiger partial charge on any atom is -0.508 e. The monoisotopic (exact) mass is 205 g/mol. The summed E-state index contributed by atoms with van der Waals surface area (Å²) in [5, 5.41) is 9.80. The van der Waals surface area contributed by atoms with Gasteiger partial charge in [0.2, 0.25) is 0 Å². The maximum Gasteiger partial charge on any atom is 0.120 e. The van der Waals surface area contributed by atoms with Crippen molar-refractivity contribution in [2.24, 2.45) is 0 Å². The molecule has 1 N–H and O–H groups in total. The largest absolute Gasteiger partial charge is 0.508 e. The van der Waals surface area contributed by atoms with Gasteiger partial charge in [-0.3, -0.25) is 4.90 Å². The molecule has 1 aliphatic rings. The van der Waals surface area contributed by atoms with E-state index in [1.54, 1.807) is 0 Å². The van der Waals surface area contributed by atoms with Crippen molar-refractivity contribution in [3.8, 4) is 5.75 Å². The van der Waals surface area contributed by atoms with Crippen molar-refractivity contribution in [1.29, 1.82) is 0 Å². The molecular formula is C13H19NO. The Hall–Kier alpha value is -1.02. The molecule has 0 aliphatic carbocycles. The predicted octanol–water partition coefficient (Wildman–Crippen LogP) is 2.69. The summed E-state index contributed by atoms with van der Waals surface area (Å²) in [5.74, 6) is 0.445. The Kier molecular flexibility index (Phi) is 3.27. The van der Waals surface area contributed by atoms with Crippen LogP contribution < -0.4 is 0 Å². The first-order valence-electron chi connectivity index (χ1n) is 5.76. The van der Waals surface area contributed by atoms with E-state index in [1.165, 1.54) is 32.4 Å². The van der Waals surface area contributed by atoms with Crippen molar-refractivity contribution in [2.75, 3.05) is 13.1 Å². The van der Waals surface area contributed by atoms with Crippen molar-refractivity contribution in [3.63, 3.8) is 0 Å². The van der Waals surface area contributed by atoms with Crippen molar-refractivity contribution >= 4 is 0 Å². The normalized spacial score (nSPS) is 17.9. The first kappa shape index (κ1) is 10.5. The van der Waals surface area contributed by atoms with Gasteiger partial charge in [0.05, 0.1) is 0 Å². The third kappa shape index (κ3) is 2.72. The van der Waals surface area contributed by atoms with E-state index < -0.39 is 0 Å². The standard InChI is InChI=1S/C13H19NO/c1-11-5-6-12(13(15)9-11)10-14-7-3-2-4-8-14/h5-6,9,15H,2-4,7-8,10H2,1H3. The Balaban J connectivity index is 2.03. The number of aryl methyl sites for hydroxylation is 1. The Bertz CT molecular complexity index is 329. The van der Waals surface area contributed by atoms with Gasteiger partial charge in [-0.15, -0.1) is 0 Å².